The molecule has 0 unspecified atom stereocenters. The van der Waals surface area contributed by atoms with Crippen molar-refractivity contribution in [2.24, 2.45) is 0 Å². The average molecular weight is 415 g/mol. The third-order valence-corrected chi connectivity index (χ3v) is 4.96. The number of aromatic nitrogens is 4. The number of hydrogen-bond acceptors (Lipinski definition) is 4. The van der Waals surface area contributed by atoms with Gasteiger partial charge in [0.25, 0.3) is 0 Å². The van der Waals surface area contributed by atoms with Crippen LogP contribution in [0.25, 0.3) is 16.7 Å². The van der Waals surface area contributed by atoms with Crippen LogP contribution in [0.15, 0.2) is 59.5 Å². The number of rotatable bonds is 3. The van der Waals surface area contributed by atoms with Crippen molar-refractivity contribution in [2.45, 2.75) is 6.92 Å². The van der Waals surface area contributed by atoms with Crippen molar-refractivity contribution in [3.63, 3.8) is 0 Å². The zero-order chi connectivity index (χ0) is 17.4. The molecule has 0 fully saturated rings. The first-order chi connectivity index (χ1) is 12.1. The van der Waals surface area contributed by atoms with E-state index in [2.05, 4.69) is 42.4 Å². The normalized spacial score (nSPS) is 11.0. The second-order valence-electron chi connectivity index (χ2n) is 5.58. The van der Waals surface area contributed by atoms with E-state index in [9.17, 15) is 0 Å². The summed E-state index contributed by atoms with van der Waals surface area (Å²) >= 11 is 9.60. The van der Waals surface area contributed by atoms with Gasteiger partial charge in [-0.3, -0.25) is 0 Å². The topological polar surface area (TPSA) is 55.6 Å². The fourth-order valence-electron chi connectivity index (χ4n) is 2.60. The highest BCUT2D eigenvalue weighted by molar-refractivity contribution is 9.10. The summed E-state index contributed by atoms with van der Waals surface area (Å²) in [7, 11) is 0. The number of hydrogen-bond donors (Lipinski definition) is 1. The largest absolute Gasteiger partial charge is 0.340 e. The van der Waals surface area contributed by atoms with Gasteiger partial charge in [-0.25, -0.2) is 14.6 Å². The molecule has 25 heavy (non-hydrogen) atoms. The number of nitrogens with one attached hydrogen (secondary N) is 1. The predicted octanol–water partition coefficient (Wildman–Crippen LogP) is 5.28. The highest BCUT2D eigenvalue weighted by Crippen LogP contribution is 2.27. The van der Waals surface area contributed by atoms with Crippen LogP contribution in [-0.2, 0) is 0 Å². The molecule has 1 N–H and O–H groups in total. The molecule has 0 saturated heterocycles. The minimum Gasteiger partial charge on any atom is -0.340 e. The molecule has 0 saturated carbocycles. The van der Waals surface area contributed by atoms with Gasteiger partial charge in [-0.2, -0.15) is 5.10 Å². The molecule has 2 heterocycles. The van der Waals surface area contributed by atoms with Gasteiger partial charge in [0.15, 0.2) is 5.65 Å². The Balaban J connectivity index is 1.77. The molecule has 124 valence electrons. The Morgan fingerprint density at radius 2 is 2.00 bits per heavy atom. The maximum atomic E-state index is 6.09. The van der Waals surface area contributed by atoms with E-state index >= 15 is 0 Å². The van der Waals surface area contributed by atoms with E-state index in [-0.39, 0.29) is 0 Å². The molecule has 2 aromatic heterocycles. The Labute approximate surface area is 157 Å². The summed E-state index contributed by atoms with van der Waals surface area (Å²) in [5, 5.41) is 9.28. The van der Waals surface area contributed by atoms with Crippen LogP contribution in [0.4, 0.5) is 11.5 Å². The lowest BCUT2D eigenvalue weighted by molar-refractivity contribution is 0.895. The van der Waals surface area contributed by atoms with Crippen molar-refractivity contribution in [3.05, 3.63) is 70.0 Å². The summed E-state index contributed by atoms with van der Waals surface area (Å²) in [6.45, 7) is 2.04. The van der Waals surface area contributed by atoms with E-state index in [1.54, 1.807) is 10.9 Å². The van der Waals surface area contributed by atoms with Gasteiger partial charge in [0.1, 0.15) is 12.1 Å². The number of halogens is 2. The summed E-state index contributed by atoms with van der Waals surface area (Å²) in [5.41, 5.74) is 3.67. The summed E-state index contributed by atoms with van der Waals surface area (Å²) in [6, 6.07) is 13.6. The lowest BCUT2D eigenvalue weighted by Gasteiger charge is -2.08. The van der Waals surface area contributed by atoms with Crippen molar-refractivity contribution in [3.8, 4) is 5.69 Å². The maximum Gasteiger partial charge on any atom is 0.168 e. The predicted molar refractivity (Wildman–Crippen MR) is 104 cm³/mol. The standard InChI is InChI=1S/C18H13BrClN5/c1-11-7-13(5-6-16(11)19)24-17-15-9-23-25(18(15)22-10-21-17)14-4-2-3-12(20)8-14/h2-10H,1H3,(H,21,22,24). The van der Waals surface area contributed by atoms with E-state index in [4.69, 9.17) is 11.6 Å². The van der Waals surface area contributed by atoms with E-state index in [0.29, 0.717) is 16.5 Å². The molecule has 0 spiro atoms. The number of fused-ring (bicyclic) bond motifs is 1. The van der Waals surface area contributed by atoms with Crippen molar-refractivity contribution >= 4 is 50.1 Å². The smallest absolute Gasteiger partial charge is 0.168 e. The number of benzene rings is 2. The van der Waals surface area contributed by atoms with Crippen molar-refractivity contribution in [1.82, 2.24) is 19.7 Å². The SMILES string of the molecule is Cc1cc(Nc2ncnc3c2cnn3-c2cccc(Cl)c2)ccc1Br. The summed E-state index contributed by atoms with van der Waals surface area (Å²) in [6.07, 6.45) is 3.28. The number of aryl methyl sites for hydroxylation is 1. The minimum absolute atomic E-state index is 0.652. The lowest BCUT2D eigenvalue weighted by atomic mass is 10.2. The number of anilines is 2. The molecule has 0 aliphatic heterocycles. The van der Waals surface area contributed by atoms with Gasteiger partial charge in [-0.05, 0) is 48.9 Å². The molecule has 0 bridgehead atoms. The van der Waals surface area contributed by atoms with E-state index in [1.165, 1.54) is 6.33 Å². The summed E-state index contributed by atoms with van der Waals surface area (Å²) in [4.78, 5) is 8.75. The molecule has 2 aromatic carbocycles. The number of nitrogens with zero attached hydrogens (tertiary/aromatic N) is 4. The van der Waals surface area contributed by atoms with E-state index < -0.39 is 0 Å². The van der Waals surface area contributed by atoms with Gasteiger partial charge in [0, 0.05) is 15.2 Å². The van der Waals surface area contributed by atoms with E-state index in [0.717, 1.165) is 26.8 Å². The Hall–Kier alpha value is -2.44. The first-order valence-corrected chi connectivity index (χ1v) is 8.77. The fraction of sp³-hybridized carbons (Fsp3) is 0.0556. The fourth-order valence-corrected chi connectivity index (χ4v) is 3.03. The Kier molecular flexibility index (Phi) is 4.15. The van der Waals surface area contributed by atoms with Crippen molar-refractivity contribution in [2.75, 3.05) is 5.32 Å². The Morgan fingerprint density at radius 1 is 1.12 bits per heavy atom. The molecule has 4 rings (SSSR count). The Morgan fingerprint density at radius 3 is 2.80 bits per heavy atom. The van der Waals surface area contributed by atoms with Gasteiger partial charge in [0.2, 0.25) is 0 Å². The lowest BCUT2D eigenvalue weighted by Crippen LogP contribution is -1.99. The average Bonchev–Trinajstić information content (AvgIpc) is 3.03. The highest BCUT2D eigenvalue weighted by atomic mass is 79.9. The molecule has 5 nitrogen and oxygen atoms in total. The highest BCUT2D eigenvalue weighted by Gasteiger charge is 2.12. The van der Waals surface area contributed by atoms with Crippen LogP contribution in [0, 0.1) is 6.92 Å². The van der Waals surface area contributed by atoms with Crippen LogP contribution < -0.4 is 5.32 Å². The van der Waals surface area contributed by atoms with Crippen molar-refractivity contribution < 1.29 is 0 Å². The monoisotopic (exact) mass is 413 g/mol. The second kappa shape index (κ2) is 6.46. The maximum absolute atomic E-state index is 6.09. The van der Waals surface area contributed by atoms with Gasteiger partial charge >= 0.3 is 0 Å². The van der Waals surface area contributed by atoms with Crippen molar-refractivity contribution in [1.29, 1.82) is 0 Å². The molecular formula is C18H13BrClN5. The minimum atomic E-state index is 0.652. The van der Waals surface area contributed by atoms with Crippen LogP contribution in [0.5, 0.6) is 0 Å². The van der Waals surface area contributed by atoms with Gasteiger partial charge in [-0.1, -0.05) is 33.6 Å². The molecule has 0 amide bonds. The molecule has 0 atom stereocenters. The van der Waals surface area contributed by atoms with Crippen LogP contribution in [0.2, 0.25) is 5.02 Å². The van der Waals surface area contributed by atoms with Gasteiger partial charge in [0.05, 0.1) is 17.3 Å². The van der Waals surface area contributed by atoms with Crippen LogP contribution in [0.1, 0.15) is 5.56 Å². The molecule has 4 aromatic rings. The first kappa shape index (κ1) is 16.1. The zero-order valence-electron chi connectivity index (χ0n) is 13.2. The first-order valence-electron chi connectivity index (χ1n) is 7.60. The van der Waals surface area contributed by atoms with Crippen LogP contribution in [0.3, 0.4) is 0 Å². The molecule has 0 radical (unpaired) electrons. The third kappa shape index (κ3) is 3.10. The quantitative estimate of drug-likeness (QED) is 0.495. The Bertz CT molecular complexity index is 1080. The van der Waals surface area contributed by atoms with Gasteiger partial charge in [-0.15, -0.1) is 0 Å². The third-order valence-electron chi connectivity index (χ3n) is 3.84. The summed E-state index contributed by atoms with van der Waals surface area (Å²) < 4.78 is 2.82. The summed E-state index contributed by atoms with van der Waals surface area (Å²) in [5.74, 6) is 0.708. The van der Waals surface area contributed by atoms with Crippen LogP contribution in [-0.4, -0.2) is 19.7 Å². The molecule has 0 aliphatic carbocycles. The van der Waals surface area contributed by atoms with Crippen LogP contribution >= 0.6 is 27.5 Å². The van der Waals surface area contributed by atoms with E-state index in [1.807, 2.05) is 43.3 Å². The second-order valence-corrected chi connectivity index (χ2v) is 6.88. The van der Waals surface area contributed by atoms with Gasteiger partial charge < -0.3 is 5.32 Å². The molecular weight excluding hydrogens is 402 g/mol. The molecule has 0 aliphatic rings. The zero-order valence-corrected chi connectivity index (χ0v) is 15.6. The molecule has 7 heteroatoms.